The van der Waals surface area contributed by atoms with E-state index in [9.17, 15) is 5.11 Å². The van der Waals surface area contributed by atoms with Crippen molar-refractivity contribution in [2.24, 2.45) is 5.73 Å². The molecule has 2 bridgehead atoms. The SMILES string of the molecule is CSN1[C@H]2CC[C@@H]1[C@H](N)[C@H](O)C2. The van der Waals surface area contributed by atoms with Crippen molar-refractivity contribution in [2.45, 2.75) is 43.5 Å². The van der Waals surface area contributed by atoms with E-state index in [1.54, 1.807) is 11.9 Å². The molecule has 0 spiro atoms. The number of aliphatic hydroxyl groups excluding tert-OH is 1. The highest BCUT2D eigenvalue weighted by atomic mass is 32.2. The number of rotatable bonds is 1. The van der Waals surface area contributed by atoms with Crippen LogP contribution in [0.2, 0.25) is 0 Å². The summed E-state index contributed by atoms with van der Waals surface area (Å²) in [5, 5.41) is 9.61. The molecule has 0 saturated carbocycles. The molecular formula is C8H16N2OS. The van der Waals surface area contributed by atoms with Gasteiger partial charge in [-0.05, 0) is 25.5 Å². The molecule has 0 aromatic heterocycles. The van der Waals surface area contributed by atoms with Gasteiger partial charge in [0.25, 0.3) is 0 Å². The van der Waals surface area contributed by atoms with Gasteiger partial charge in [0.1, 0.15) is 0 Å². The van der Waals surface area contributed by atoms with Crippen LogP contribution in [0.4, 0.5) is 0 Å². The van der Waals surface area contributed by atoms with Gasteiger partial charge in [0, 0.05) is 18.1 Å². The minimum absolute atomic E-state index is 0.0313. The second kappa shape index (κ2) is 3.18. The van der Waals surface area contributed by atoms with Crippen molar-refractivity contribution in [3.63, 3.8) is 0 Å². The molecule has 0 aliphatic carbocycles. The van der Waals surface area contributed by atoms with Gasteiger partial charge in [-0.3, -0.25) is 0 Å². The van der Waals surface area contributed by atoms with Crippen LogP contribution in [-0.2, 0) is 0 Å². The Morgan fingerprint density at radius 2 is 2.25 bits per heavy atom. The Morgan fingerprint density at radius 1 is 1.50 bits per heavy atom. The largest absolute Gasteiger partial charge is 0.391 e. The molecule has 70 valence electrons. The van der Waals surface area contributed by atoms with Crippen molar-refractivity contribution in [1.82, 2.24) is 4.31 Å². The maximum Gasteiger partial charge on any atom is 0.0722 e. The van der Waals surface area contributed by atoms with E-state index in [1.807, 2.05) is 0 Å². The number of fused-ring (bicyclic) bond motifs is 2. The van der Waals surface area contributed by atoms with Crippen LogP contribution in [0.1, 0.15) is 19.3 Å². The number of hydrogen-bond acceptors (Lipinski definition) is 4. The van der Waals surface area contributed by atoms with Crippen LogP contribution in [-0.4, -0.2) is 39.9 Å². The van der Waals surface area contributed by atoms with Gasteiger partial charge in [-0.25, -0.2) is 4.31 Å². The fourth-order valence-electron chi connectivity index (χ4n) is 2.45. The second-order valence-corrected chi connectivity index (χ2v) is 4.51. The number of nitrogens with zero attached hydrogens (tertiary/aromatic N) is 1. The van der Waals surface area contributed by atoms with Crippen LogP contribution < -0.4 is 5.73 Å². The Morgan fingerprint density at radius 3 is 2.92 bits per heavy atom. The van der Waals surface area contributed by atoms with E-state index in [0.717, 1.165) is 12.8 Å². The van der Waals surface area contributed by atoms with E-state index < -0.39 is 0 Å². The molecule has 2 aliphatic heterocycles. The summed E-state index contributed by atoms with van der Waals surface area (Å²) in [6.45, 7) is 0. The molecule has 12 heavy (non-hydrogen) atoms. The lowest BCUT2D eigenvalue weighted by Gasteiger charge is -2.39. The molecule has 4 atom stereocenters. The smallest absolute Gasteiger partial charge is 0.0722 e. The van der Waals surface area contributed by atoms with Crippen LogP contribution in [0, 0.1) is 0 Å². The Kier molecular flexibility index (Phi) is 2.33. The van der Waals surface area contributed by atoms with Crippen LogP contribution >= 0.6 is 11.9 Å². The normalized spacial score (nSPS) is 48.2. The van der Waals surface area contributed by atoms with Gasteiger partial charge in [0.2, 0.25) is 0 Å². The first kappa shape index (κ1) is 8.81. The van der Waals surface area contributed by atoms with Crippen LogP contribution in [0.3, 0.4) is 0 Å². The van der Waals surface area contributed by atoms with Gasteiger partial charge in [0.15, 0.2) is 0 Å². The van der Waals surface area contributed by atoms with Gasteiger partial charge in [-0.15, -0.1) is 0 Å². The molecule has 2 saturated heterocycles. The topological polar surface area (TPSA) is 49.5 Å². The van der Waals surface area contributed by atoms with Crippen molar-refractivity contribution in [2.75, 3.05) is 6.26 Å². The Balaban J connectivity index is 2.14. The quantitative estimate of drug-likeness (QED) is 0.577. The number of aliphatic hydroxyl groups is 1. The van der Waals surface area contributed by atoms with E-state index in [0.29, 0.717) is 12.1 Å². The van der Waals surface area contributed by atoms with E-state index in [-0.39, 0.29) is 12.1 Å². The predicted molar refractivity (Wildman–Crippen MR) is 50.8 cm³/mol. The number of hydrogen-bond donors (Lipinski definition) is 2. The minimum Gasteiger partial charge on any atom is -0.391 e. The molecule has 0 radical (unpaired) electrons. The summed E-state index contributed by atoms with van der Waals surface area (Å²) in [6.07, 6.45) is 5.04. The molecule has 4 heteroatoms. The number of piperidine rings is 1. The summed E-state index contributed by atoms with van der Waals surface area (Å²) in [5.74, 6) is 0. The van der Waals surface area contributed by atoms with Gasteiger partial charge in [-0.2, -0.15) is 0 Å². The van der Waals surface area contributed by atoms with Crippen LogP contribution in [0.15, 0.2) is 0 Å². The van der Waals surface area contributed by atoms with Crippen molar-refractivity contribution >= 4 is 11.9 Å². The summed E-state index contributed by atoms with van der Waals surface area (Å²) in [5.41, 5.74) is 5.92. The first-order chi connectivity index (χ1) is 5.74. The predicted octanol–water partition coefficient (Wildman–Crippen LogP) is 0.189. The fraction of sp³-hybridized carbons (Fsp3) is 1.00. The fourth-order valence-corrected chi connectivity index (χ4v) is 3.46. The zero-order chi connectivity index (χ0) is 8.72. The van der Waals surface area contributed by atoms with E-state index in [4.69, 9.17) is 5.73 Å². The lowest BCUT2D eigenvalue weighted by Crippen LogP contribution is -2.55. The third-order valence-electron chi connectivity index (χ3n) is 3.10. The molecule has 0 aromatic carbocycles. The lowest BCUT2D eigenvalue weighted by molar-refractivity contribution is 0.0598. The first-order valence-electron chi connectivity index (χ1n) is 4.50. The van der Waals surface area contributed by atoms with Crippen LogP contribution in [0.5, 0.6) is 0 Å². The zero-order valence-electron chi connectivity index (χ0n) is 7.31. The van der Waals surface area contributed by atoms with E-state index >= 15 is 0 Å². The van der Waals surface area contributed by atoms with Crippen molar-refractivity contribution in [3.8, 4) is 0 Å². The van der Waals surface area contributed by atoms with Crippen molar-refractivity contribution < 1.29 is 5.11 Å². The highest BCUT2D eigenvalue weighted by Gasteiger charge is 2.44. The standard InChI is InChI=1S/C8H16N2OS/c1-12-10-5-2-3-6(10)8(9)7(11)4-5/h5-8,11H,2-4,9H2,1H3/t5-,6+,7+,8-/m0/s1. The molecule has 2 heterocycles. The highest BCUT2D eigenvalue weighted by molar-refractivity contribution is 7.96. The highest BCUT2D eigenvalue weighted by Crippen LogP contribution is 2.38. The first-order valence-corrected chi connectivity index (χ1v) is 5.68. The van der Waals surface area contributed by atoms with Crippen molar-refractivity contribution in [1.29, 1.82) is 0 Å². The van der Waals surface area contributed by atoms with Gasteiger partial charge < -0.3 is 10.8 Å². The van der Waals surface area contributed by atoms with Crippen molar-refractivity contribution in [3.05, 3.63) is 0 Å². The zero-order valence-corrected chi connectivity index (χ0v) is 8.13. The molecule has 0 aromatic rings. The van der Waals surface area contributed by atoms with E-state index in [2.05, 4.69) is 10.6 Å². The van der Waals surface area contributed by atoms with Gasteiger partial charge in [0.05, 0.1) is 6.10 Å². The molecule has 2 aliphatic rings. The minimum atomic E-state index is -0.272. The Bertz CT molecular complexity index is 178. The average molecular weight is 188 g/mol. The Hall–Kier alpha value is 0.230. The van der Waals surface area contributed by atoms with E-state index in [1.165, 1.54) is 6.42 Å². The maximum atomic E-state index is 9.61. The molecule has 3 nitrogen and oxygen atoms in total. The maximum absolute atomic E-state index is 9.61. The Labute approximate surface area is 77.4 Å². The molecule has 3 N–H and O–H groups in total. The monoisotopic (exact) mass is 188 g/mol. The molecular weight excluding hydrogens is 172 g/mol. The average Bonchev–Trinajstić information content (AvgIpc) is 2.39. The third-order valence-corrected chi connectivity index (χ3v) is 4.09. The molecule has 2 fully saturated rings. The second-order valence-electron chi connectivity index (χ2n) is 3.72. The summed E-state index contributed by atoms with van der Waals surface area (Å²) in [4.78, 5) is 0. The summed E-state index contributed by atoms with van der Waals surface area (Å²) >= 11 is 1.77. The summed E-state index contributed by atoms with van der Waals surface area (Å²) < 4.78 is 2.37. The third kappa shape index (κ3) is 1.18. The summed E-state index contributed by atoms with van der Waals surface area (Å²) in [7, 11) is 0. The number of nitrogens with two attached hydrogens (primary N) is 1. The van der Waals surface area contributed by atoms with Crippen LogP contribution in [0.25, 0.3) is 0 Å². The van der Waals surface area contributed by atoms with Gasteiger partial charge in [-0.1, -0.05) is 11.9 Å². The van der Waals surface area contributed by atoms with Gasteiger partial charge >= 0.3 is 0 Å². The molecule has 0 unspecified atom stereocenters. The molecule has 0 amide bonds. The molecule has 2 rings (SSSR count). The summed E-state index contributed by atoms with van der Waals surface area (Å²) in [6, 6.07) is 0.949. The lowest BCUT2D eigenvalue weighted by atomic mass is 9.97.